The molecule has 0 fully saturated rings. The van der Waals surface area contributed by atoms with E-state index in [-0.39, 0.29) is 0 Å². The van der Waals surface area contributed by atoms with E-state index in [1.165, 1.54) is 11.1 Å². The van der Waals surface area contributed by atoms with Crippen LogP contribution >= 0.6 is 0 Å². The van der Waals surface area contributed by atoms with Gasteiger partial charge in [0.2, 0.25) is 0 Å². The molecule has 2 aromatic carbocycles. The Kier molecular flexibility index (Phi) is 7.15. The van der Waals surface area contributed by atoms with E-state index in [9.17, 15) is 10.2 Å². The molecule has 0 aliphatic rings. The summed E-state index contributed by atoms with van der Waals surface area (Å²) in [7, 11) is 0. The van der Waals surface area contributed by atoms with Crippen molar-refractivity contribution in [1.29, 1.82) is 0 Å². The minimum absolute atomic E-state index is 0.431. The Hall–Kier alpha value is -1.96. The van der Waals surface area contributed by atoms with Crippen molar-refractivity contribution in [1.82, 2.24) is 0 Å². The van der Waals surface area contributed by atoms with Crippen LogP contribution in [-0.4, -0.2) is 10.2 Å². The van der Waals surface area contributed by atoms with Crippen molar-refractivity contribution in [3.8, 4) is 11.5 Å². The maximum atomic E-state index is 9.73. The molecule has 0 aliphatic heterocycles. The molecule has 0 aromatic heterocycles. The molecule has 2 rings (SSSR count). The quantitative estimate of drug-likeness (QED) is 0.796. The molecular formula is C21H30O2. The summed E-state index contributed by atoms with van der Waals surface area (Å²) in [6.07, 6.45) is 2.91. The van der Waals surface area contributed by atoms with E-state index in [0.717, 1.165) is 41.5 Å². The summed E-state index contributed by atoms with van der Waals surface area (Å²) < 4.78 is 0. The molecule has 0 saturated carbocycles. The fourth-order valence-corrected chi connectivity index (χ4v) is 2.64. The first kappa shape index (κ1) is 19.1. The molecule has 2 heteroatoms. The number of rotatable bonds is 3. The van der Waals surface area contributed by atoms with Crippen LogP contribution in [0.15, 0.2) is 24.3 Å². The second-order valence-corrected chi connectivity index (χ2v) is 5.99. The molecule has 0 spiro atoms. The van der Waals surface area contributed by atoms with Crippen molar-refractivity contribution in [2.24, 2.45) is 0 Å². The van der Waals surface area contributed by atoms with Crippen LogP contribution in [0.2, 0.25) is 0 Å². The molecule has 0 amide bonds. The highest BCUT2D eigenvalue weighted by Crippen LogP contribution is 2.25. The molecule has 2 aromatic rings. The van der Waals surface area contributed by atoms with Crippen molar-refractivity contribution >= 4 is 0 Å². The van der Waals surface area contributed by atoms with Crippen molar-refractivity contribution in [3.05, 3.63) is 57.6 Å². The van der Waals surface area contributed by atoms with Gasteiger partial charge in [-0.1, -0.05) is 39.0 Å². The van der Waals surface area contributed by atoms with Gasteiger partial charge in [-0.05, 0) is 79.5 Å². The van der Waals surface area contributed by atoms with Gasteiger partial charge in [0.1, 0.15) is 11.5 Å². The van der Waals surface area contributed by atoms with Gasteiger partial charge in [-0.3, -0.25) is 0 Å². The second-order valence-electron chi connectivity index (χ2n) is 5.99. The van der Waals surface area contributed by atoms with Crippen LogP contribution in [0.3, 0.4) is 0 Å². The summed E-state index contributed by atoms with van der Waals surface area (Å²) >= 11 is 0. The number of hydrogen-bond acceptors (Lipinski definition) is 2. The molecule has 0 unspecified atom stereocenters. The number of benzene rings is 2. The summed E-state index contributed by atoms with van der Waals surface area (Å²) in [5.41, 5.74) is 6.71. The van der Waals surface area contributed by atoms with Crippen LogP contribution in [0.25, 0.3) is 0 Å². The molecule has 0 radical (unpaired) electrons. The summed E-state index contributed by atoms with van der Waals surface area (Å²) in [6.45, 7) is 12.2. The second kappa shape index (κ2) is 8.61. The van der Waals surface area contributed by atoms with Gasteiger partial charge in [-0.25, -0.2) is 0 Å². The zero-order chi connectivity index (χ0) is 17.6. The van der Waals surface area contributed by atoms with Gasteiger partial charge < -0.3 is 10.2 Å². The minimum Gasteiger partial charge on any atom is -0.508 e. The maximum absolute atomic E-state index is 9.73. The molecule has 0 saturated heterocycles. The number of aromatic hydroxyl groups is 2. The summed E-state index contributed by atoms with van der Waals surface area (Å²) in [5.74, 6) is 0.902. The number of phenols is 2. The highest BCUT2D eigenvalue weighted by molar-refractivity contribution is 5.43. The van der Waals surface area contributed by atoms with Gasteiger partial charge in [-0.15, -0.1) is 0 Å². The van der Waals surface area contributed by atoms with Crippen molar-refractivity contribution in [2.75, 3.05) is 0 Å². The third-order valence-corrected chi connectivity index (χ3v) is 4.42. The molecule has 0 aliphatic carbocycles. The lowest BCUT2D eigenvalue weighted by atomic mass is 9.98. The van der Waals surface area contributed by atoms with Gasteiger partial charge in [-0.2, -0.15) is 0 Å². The lowest BCUT2D eigenvalue weighted by Gasteiger charge is -2.10. The number of hydrogen-bond donors (Lipinski definition) is 2. The Morgan fingerprint density at radius 2 is 1.39 bits per heavy atom. The van der Waals surface area contributed by atoms with E-state index in [4.69, 9.17) is 0 Å². The van der Waals surface area contributed by atoms with E-state index in [2.05, 4.69) is 26.8 Å². The Morgan fingerprint density at radius 3 is 1.87 bits per heavy atom. The predicted molar refractivity (Wildman–Crippen MR) is 98.6 cm³/mol. The Morgan fingerprint density at radius 1 is 0.783 bits per heavy atom. The first-order valence-electron chi connectivity index (χ1n) is 8.44. The van der Waals surface area contributed by atoms with Gasteiger partial charge in [0.15, 0.2) is 0 Å². The van der Waals surface area contributed by atoms with Crippen molar-refractivity contribution in [3.63, 3.8) is 0 Å². The van der Waals surface area contributed by atoms with Crippen molar-refractivity contribution < 1.29 is 10.2 Å². The van der Waals surface area contributed by atoms with Crippen LogP contribution in [0.1, 0.15) is 54.2 Å². The molecule has 23 heavy (non-hydrogen) atoms. The topological polar surface area (TPSA) is 40.5 Å². The highest BCUT2D eigenvalue weighted by atomic mass is 16.3. The summed E-state index contributed by atoms with van der Waals surface area (Å²) in [5, 5.41) is 19.1. The number of aryl methyl sites for hydroxylation is 4. The van der Waals surface area contributed by atoms with Gasteiger partial charge >= 0.3 is 0 Å². The van der Waals surface area contributed by atoms with Gasteiger partial charge in [0, 0.05) is 0 Å². The van der Waals surface area contributed by atoms with Gasteiger partial charge in [0.05, 0.1) is 0 Å². The van der Waals surface area contributed by atoms with E-state index < -0.39 is 0 Å². The third-order valence-electron chi connectivity index (χ3n) is 4.42. The largest absolute Gasteiger partial charge is 0.508 e. The van der Waals surface area contributed by atoms with Crippen LogP contribution < -0.4 is 0 Å². The minimum atomic E-state index is 0.431. The molecule has 2 N–H and O–H groups in total. The summed E-state index contributed by atoms with van der Waals surface area (Å²) in [4.78, 5) is 0. The fraction of sp³-hybridized carbons (Fsp3) is 0.429. The Bertz CT molecular complexity index is 630. The van der Waals surface area contributed by atoms with Crippen molar-refractivity contribution in [2.45, 2.75) is 60.8 Å². The monoisotopic (exact) mass is 314 g/mol. The van der Waals surface area contributed by atoms with Crippen LogP contribution in [0, 0.1) is 20.8 Å². The maximum Gasteiger partial charge on any atom is 0.121 e. The van der Waals surface area contributed by atoms with E-state index in [1.807, 2.05) is 39.0 Å². The lowest BCUT2D eigenvalue weighted by molar-refractivity contribution is 0.466. The first-order chi connectivity index (χ1) is 10.8. The van der Waals surface area contributed by atoms with E-state index >= 15 is 0 Å². The van der Waals surface area contributed by atoms with Crippen LogP contribution in [-0.2, 0) is 19.3 Å². The predicted octanol–water partition coefficient (Wildman–Crippen LogP) is 5.40. The molecule has 0 heterocycles. The smallest absolute Gasteiger partial charge is 0.121 e. The normalized spacial score (nSPS) is 10.2. The van der Waals surface area contributed by atoms with E-state index in [0.29, 0.717) is 11.5 Å². The Labute approximate surface area is 140 Å². The first-order valence-corrected chi connectivity index (χ1v) is 8.44. The zero-order valence-electron chi connectivity index (χ0n) is 15.3. The number of phenolic OH excluding ortho intramolecular Hbond substituents is 2. The van der Waals surface area contributed by atoms with Crippen LogP contribution in [0.5, 0.6) is 11.5 Å². The molecule has 126 valence electrons. The lowest BCUT2D eigenvalue weighted by Crippen LogP contribution is -1.94. The zero-order valence-corrected chi connectivity index (χ0v) is 15.3. The van der Waals surface area contributed by atoms with Crippen LogP contribution in [0.4, 0.5) is 0 Å². The fourth-order valence-electron chi connectivity index (χ4n) is 2.64. The average Bonchev–Trinajstić information content (AvgIpc) is 2.56. The van der Waals surface area contributed by atoms with Gasteiger partial charge in [0.25, 0.3) is 0 Å². The summed E-state index contributed by atoms with van der Waals surface area (Å²) in [6, 6.07) is 8.04. The molecule has 0 bridgehead atoms. The standard InChI is InChI=1S/C12H18O.C9H12O/c1-4-9-7-10(5-2)11(6-3)12(13)8-9;1-6-4-5-7(2)9(10)8(6)3/h7-8,13H,4-6H2,1-3H3;4-5,10H,1-3H3. The molecule has 2 nitrogen and oxygen atoms in total. The molecule has 0 atom stereocenters. The highest BCUT2D eigenvalue weighted by Gasteiger charge is 2.06. The Balaban J connectivity index is 0.000000238. The average molecular weight is 314 g/mol. The SMILES string of the molecule is CCc1cc(O)c(CC)c(CC)c1.Cc1ccc(C)c(O)c1C. The third kappa shape index (κ3) is 4.75. The van der Waals surface area contributed by atoms with E-state index in [1.54, 1.807) is 0 Å². The molecular weight excluding hydrogens is 284 g/mol.